The van der Waals surface area contributed by atoms with Crippen LogP contribution in [0.25, 0.3) is 0 Å². The van der Waals surface area contributed by atoms with E-state index in [1.807, 2.05) is 32.0 Å². The number of benzene rings is 1. The van der Waals surface area contributed by atoms with E-state index in [1.54, 1.807) is 13.2 Å². The molecule has 1 aromatic rings. The standard InChI is InChI=1S/C15H21NO3/c1-15(2,13-10-16-8-9-19-13)14(17)11-6-4-5-7-12(11)18-3/h4-7,13,16H,8-10H2,1-3H3. The van der Waals surface area contributed by atoms with Gasteiger partial charge in [-0.25, -0.2) is 0 Å². The summed E-state index contributed by atoms with van der Waals surface area (Å²) in [6.07, 6.45) is -0.112. The molecule has 0 spiro atoms. The fourth-order valence-corrected chi connectivity index (χ4v) is 2.35. The van der Waals surface area contributed by atoms with Crippen LogP contribution in [0.3, 0.4) is 0 Å². The first-order valence-electron chi connectivity index (χ1n) is 6.57. The molecule has 4 heteroatoms. The van der Waals surface area contributed by atoms with Crippen molar-refractivity contribution in [3.8, 4) is 5.75 Å². The van der Waals surface area contributed by atoms with Crippen LogP contribution in [0.2, 0.25) is 0 Å². The van der Waals surface area contributed by atoms with Crippen LogP contribution in [0, 0.1) is 5.41 Å². The Morgan fingerprint density at radius 1 is 1.42 bits per heavy atom. The van der Waals surface area contributed by atoms with Gasteiger partial charge in [-0.3, -0.25) is 4.79 Å². The SMILES string of the molecule is COc1ccccc1C(=O)C(C)(C)C1CNCCO1. The first-order chi connectivity index (χ1) is 9.07. The van der Waals surface area contributed by atoms with Gasteiger partial charge < -0.3 is 14.8 Å². The monoisotopic (exact) mass is 263 g/mol. The van der Waals surface area contributed by atoms with Gasteiger partial charge in [-0.2, -0.15) is 0 Å². The Kier molecular flexibility index (Phi) is 4.22. The fraction of sp³-hybridized carbons (Fsp3) is 0.533. The van der Waals surface area contributed by atoms with Gasteiger partial charge in [-0.05, 0) is 26.0 Å². The zero-order valence-corrected chi connectivity index (χ0v) is 11.7. The molecular weight excluding hydrogens is 242 g/mol. The number of hydrogen-bond donors (Lipinski definition) is 1. The second-order valence-electron chi connectivity index (χ2n) is 5.31. The molecule has 0 bridgehead atoms. The molecule has 4 nitrogen and oxygen atoms in total. The summed E-state index contributed by atoms with van der Waals surface area (Å²) in [7, 11) is 1.58. The van der Waals surface area contributed by atoms with Crippen LogP contribution in [0.1, 0.15) is 24.2 Å². The van der Waals surface area contributed by atoms with Crippen molar-refractivity contribution in [3.05, 3.63) is 29.8 Å². The number of nitrogens with one attached hydrogen (secondary N) is 1. The van der Waals surface area contributed by atoms with Crippen LogP contribution < -0.4 is 10.1 Å². The number of hydrogen-bond acceptors (Lipinski definition) is 4. The minimum absolute atomic E-state index is 0.0543. The van der Waals surface area contributed by atoms with E-state index in [0.717, 1.165) is 6.54 Å². The fourth-order valence-electron chi connectivity index (χ4n) is 2.35. The second kappa shape index (κ2) is 5.72. The molecule has 0 aliphatic carbocycles. The molecule has 1 saturated heterocycles. The van der Waals surface area contributed by atoms with Crippen LogP contribution in [-0.2, 0) is 4.74 Å². The van der Waals surface area contributed by atoms with Crippen LogP contribution in [-0.4, -0.2) is 38.7 Å². The maximum Gasteiger partial charge on any atom is 0.174 e. The van der Waals surface area contributed by atoms with E-state index in [4.69, 9.17) is 9.47 Å². The number of para-hydroxylation sites is 1. The number of methoxy groups -OCH3 is 1. The lowest BCUT2D eigenvalue weighted by Gasteiger charge is -2.36. The largest absolute Gasteiger partial charge is 0.496 e. The third kappa shape index (κ3) is 2.80. The molecule has 1 aliphatic rings. The van der Waals surface area contributed by atoms with Crippen molar-refractivity contribution in [2.24, 2.45) is 5.41 Å². The highest BCUT2D eigenvalue weighted by Gasteiger charge is 2.39. The smallest absolute Gasteiger partial charge is 0.174 e. The van der Waals surface area contributed by atoms with Crippen molar-refractivity contribution >= 4 is 5.78 Å². The molecule has 19 heavy (non-hydrogen) atoms. The molecule has 1 fully saturated rings. The van der Waals surface area contributed by atoms with Gasteiger partial charge >= 0.3 is 0 Å². The van der Waals surface area contributed by atoms with Crippen molar-refractivity contribution in [2.75, 3.05) is 26.8 Å². The van der Waals surface area contributed by atoms with E-state index in [1.165, 1.54) is 0 Å². The summed E-state index contributed by atoms with van der Waals surface area (Å²) < 4.78 is 11.0. The molecule has 1 aromatic carbocycles. The van der Waals surface area contributed by atoms with Gasteiger partial charge in [0.15, 0.2) is 5.78 Å². The van der Waals surface area contributed by atoms with Crippen molar-refractivity contribution < 1.29 is 14.3 Å². The molecular formula is C15H21NO3. The topological polar surface area (TPSA) is 47.6 Å². The summed E-state index contributed by atoms with van der Waals surface area (Å²) in [6, 6.07) is 7.33. The van der Waals surface area contributed by atoms with Gasteiger partial charge in [0.05, 0.1) is 30.8 Å². The zero-order chi connectivity index (χ0) is 13.9. The number of carbonyl (C=O) groups excluding carboxylic acids is 1. The zero-order valence-electron chi connectivity index (χ0n) is 11.7. The number of rotatable bonds is 4. The van der Waals surface area contributed by atoms with Crippen molar-refractivity contribution in [3.63, 3.8) is 0 Å². The van der Waals surface area contributed by atoms with E-state index in [9.17, 15) is 4.79 Å². The summed E-state index contributed by atoms with van der Waals surface area (Å²) in [5.41, 5.74) is 0.0337. The second-order valence-corrected chi connectivity index (χ2v) is 5.31. The summed E-state index contributed by atoms with van der Waals surface area (Å²) in [4.78, 5) is 12.8. The van der Waals surface area contributed by atoms with Crippen LogP contribution in [0.15, 0.2) is 24.3 Å². The van der Waals surface area contributed by atoms with Crippen LogP contribution in [0.4, 0.5) is 0 Å². The third-order valence-corrected chi connectivity index (χ3v) is 3.67. The number of carbonyl (C=O) groups is 1. The van der Waals surface area contributed by atoms with Gasteiger partial charge in [0.1, 0.15) is 5.75 Å². The third-order valence-electron chi connectivity index (χ3n) is 3.67. The van der Waals surface area contributed by atoms with Crippen molar-refractivity contribution in [2.45, 2.75) is 20.0 Å². The quantitative estimate of drug-likeness (QED) is 0.843. The van der Waals surface area contributed by atoms with E-state index in [-0.39, 0.29) is 11.9 Å². The van der Waals surface area contributed by atoms with Gasteiger partial charge in [0.2, 0.25) is 0 Å². The Bertz CT molecular complexity index is 450. The van der Waals surface area contributed by atoms with Gasteiger partial charge in [-0.1, -0.05) is 12.1 Å². The highest BCUT2D eigenvalue weighted by Crippen LogP contribution is 2.32. The lowest BCUT2D eigenvalue weighted by molar-refractivity contribution is -0.0324. The van der Waals surface area contributed by atoms with Gasteiger partial charge in [0, 0.05) is 13.1 Å². The molecule has 0 radical (unpaired) electrons. The number of ketones is 1. The summed E-state index contributed by atoms with van der Waals surface area (Å²) >= 11 is 0. The first kappa shape index (κ1) is 14.0. The summed E-state index contributed by atoms with van der Waals surface area (Å²) in [5.74, 6) is 0.669. The number of ether oxygens (including phenoxy) is 2. The molecule has 1 atom stereocenters. The van der Waals surface area contributed by atoms with E-state index < -0.39 is 5.41 Å². The minimum atomic E-state index is -0.581. The Labute approximate surface area is 114 Å². The molecule has 1 aliphatic heterocycles. The molecule has 0 saturated carbocycles. The summed E-state index contributed by atoms with van der Waals surface area (Å²) in [5, 5.41) is 3.27. The van der Waals surface area contributed by atoms with E-state index in [0.29, 0.717) is 24.5 Å². The number of Topliss-reactive ketones (excluding diaryl/α,β-unsaturated/α-hetero) is 1. The predicted octanol–water partition coefficient (Wildman–Crippen LogP) is 1.89. The lowest BCUT2D eigenvalue weighted by Crippen LogP contribution is -2.49. The predicted molar refractivity (Wildman–Crippen MR) is 73.7 cm³/mol. The maximum atomic E-state index is 12.8. The molecule has 0 aromatic heterocycles. The van der Waals surface area contributed by atoms with Crippen LogP contribution in [0.5, 0.6) is 5.75 Å². The highest BCUT2D eigenvalue weighted by molar-refractivity contribution is 6.02. The first-order valence-corrected chi connectivity index (χ1v) is 6.57. The lowest BCUT2D eigenvalue weighted by atomic mass is 9.78. The maximum absolute atomic E-state index is 12.8. The summed E-state index contributed by atoms with van der Waals surface area (Å²) in [6.45, 7) is 6.05. The Morgan fingerprint density at radius 3 is 2.79 bits per heavy atom. The molecule has 1 heterocycles. The minimum Gasteiger partial charge on any atom is -0.496 e. The van der Waals surface area contributed by atoms with E-state index >= 15 is 0 Å². The molecule has 104 valence electrons. The average Bonchev–Trinajstić information content (AvgIpc) is 2.47. The van der Waals surface area contributed by atoms with Gasteiger partial charge in [-0.15, -0.1) is 0 Å². The number of morpholine rings is 1. The average molecular weight is 263 g/mol. The van der Waals surface area contributed by atoms with Gasteiger partial charge in [0.25, 0.3) is 0 Å². The Balaban J connectivity index is 2.26. The van der Waals surface area contributed by atoms with Crippen molar-refractivity contribution in [1.82, 2.24) is 5.32 Å². The van der Waals surface area contributed by atoms with Crippen molar-refractivity contribution in [1.29, 1.82) is 0 Å². The Morgan fingerprint density at radius 2 is 2.16 bits per heavy atom. The molecule has 0 amide bonds. The van der Waals surface area contributed by atoms with Crippen LogP contribution >= 0.6 is 0 Å². The highest BCUT2D eigenvalue weighted by atomic mass is 16.5. The molecule has 2 rings (SSSR count). The Hall–Kier alpha value is -1.39. The molecule has 1 unspecified atom stereocenters. The normalized spacial score (nSPS) is 20.1. The van der Waals surface area contributed by atoms with E-state index in [2.05, 4.69) is 5.32 Å². The molecule has 1 N–H and O–H groups in total.